The van der Waals surface area contributed by atoms with Gasteiger partial charge in [0.05, 0.1) is 18.5 Å². The Morgan fingerprint density at radius 2 is 1.71 bits per heavy atom. The van der Waals surface area contributed by atoms with Gasteiger partial charge >= 0.3 is 0 Å². The van der Waals surface area contributed by atoms with Gasteiger partial charge < -0.3 is 4.74 Å². The van der Waals surface area contributed by atoms with Crippen molar-refractivity contribution in [3.05, 3.63) is 59.7 Å². The molecule has 0 aliphatic rings. The Labute approximate surface area is 126 Å². The van der Waals surface area contributed by atoms with Crippen LogP contribution in [0, 0.1) is 12.8 Å². The summed E-state index contributed by atoms with van der Waals surface area (Å²) in [6.07, 6.45) is 1.80. The Balaban J connectivity index is 1.87. The molecule has 2 rings (SSSR count). The quantitative estimate of drug-likeness (QED) is 0.626. The van der Waals surface area contributed by atoms with Gasteiger partial charge in [0, 0.05) is 0 Å². The van der Waals surface area contributed by atoms with E-state index in [1.807, 2.05) is 36.4 Å². The highest BCUT2D eigenvalue weighted by atomic mass is 16.5. The van der Waals surface area contributed by atoms with Crippen LogP contribution in [0.15, 0.2) is 53.6 Å². The van der Waals surface area contributed by atoms with Crippen molar-refractivity contribution >= 4 is 11.9 Å². The molecule has 3 nitrogen and oxygen atoms in total. The van der Waals surface area contributed by atoms with E-state index in [4.69, 9.17) is 4.74 Å². The molecule has 1 N–H and O–H groups in total. The van der Waals surface area contributed by atoms with Gasteiger partial charge in [-0.05, 0) is 54.8 Å². The van der Waals surface area contributed by atoms with E-state index < -0.39 is 0 Å². The average Bonchev–Trinajstić information content (AvgIpc) is 2.48. The highest BCUT2D eigenvalue weighted by Gasteiger charge is 1.97. The molecule has 0 bridgehead atoms. The SMILES string of the molecule is Cc1ccc(N/N=C/c2ccc(OCC(C)C)cc2)cc1. The Hall–Kier alpha value is -2.29. The number of hydrogen-bond donors (Lipinski definition) is 1. The number of ether oxygens (including phenoxy) is 1. The molecule has 0 aliphatic heterocycles. The second kappa shape index (κ2) is 7.48. The van der Waals surface area contributed by atoms with E-state index in [-0.39, 0.29) is 0 Å². The standard InChI is InChI=1S/C18H22N2O/c1-14(2)13-21-18-10-6-16(7-11-18)12-19-20-17-8-4-15(3)5-9-17/h4-12,14,20H,13H2,1-3H3/b19-12+. The minimum Gasteiger partial charge on any atom is -0.493 e. The van der Waals surface area contributed by atoms with Crippen LogP contribution in [0.1, 0.15) is 25.0 Å². The topological polar surface area (TPSA) is 33.6 Å². The number of anilines is 1. The number of benzene rings is 2. The molecule has 110 valence electrons. The third-order valence-corrected chi connectivity index (χ3v) is 2.92. The molecular formula is C18H22N2O. The molecule has 2 aromatic carbocycles. The van der Waals surface area contributed by atoms with Crippen LogP contribution >= 0.6 is 0 Å². The lowest BCUT2D eigenvalue weighted by Crippen LogP contribution is -2.04. The summed E-state index contributed by atoms with van der Waals surface area (Å²) in [5.41, 5.74) is 6.26. The minimum atomic E-state index is 0.532. The highest BCUT2D eigenvalue weighted by Crippen LogP contribution is 2.12. The molecule has 0 atom stereocenters. The fraction of sp³-hybridized carbons (Fsp3) is 0.278. The van der Waals surface area contributed by atoms with Gasteiger partial charge in [-0.2, -0.15) is 5.10 Å². The van der Waals surface area contributed by atoms with Crippen molar-refractivity contribution in [2.24, 2.45) is 11.0 Å². The zero-order valence-corrected chi connectivity index (χ0v) is 12.8. The smallest absolute Gasteiger partial charge is 0.119 e. The van der Waals surface area contributed by atoms with E-state index in [1.165, 1.54) is 5.56 Å². The minimum absolute atomic E-state index is 0.532. The van der Waals surface area contributed by atoms with Crippen LogP contribution in [0.2, 0.25) is 0 Å². The van der Waals surface area contributed by atoms with Gasteiger partial charge in [0.15, 0.2) is 0 Å². The van der Waals surface area contributed by atoms with Crippen molar-refractivity contribution in [3.8, 4) is 5.75 Å². The predicted octanol–water partition coefficient (Wildman–Crippen LogP) is 4.48. The summed E-state index contributed by atoms with van der Waals surface area (Å²) in [5.74, 6) is 1.43. The molecule has 0 amide bonds. The maximum atomic E-state index is 5.65. The fourth-order valence-electron chi connectivity index (χ4n) is 1.72. The first-order chi connectivity index (χ1) is 10.1. The van der Waals surface area contributed by atoms with E-state index in [0.717, 1.165) is 23.6 Å². The Morgan fingerprint density at radius 3 is 2.33 bits per heavy atom. The largest absolute Gasteiger partial charge is 0.493 e. The van der Waals surface area contributed by atoms with Crippen LogP contribution in [-0.4, -0.2) is 12.8 Å². The first-order valence-electron chi connectivity index (χ1n) is 7.22. The van der Waals surface area contributed by atoms with Gasteiger partial charge in [0.25, 0.3) is 0 Å². The van der Waals surface area contributed by atoms with Crippen molar-refractivity contribution in [2.75, 3.05) is 12.0 Å². The van der Waals surface area contributed by atoms with Crippen LogP contribution in [-0.2, 0) is 0 Å². The molecule has 0 aliphatic carbocycles. The lowest BCUT2D eigenvalue weighted by atomic mass is 10.2. The zero-order chi connectivity index (χ0) is 15.1. The van der Waals surface area contributed by atoms with Crippen molar-refractivity contribution < 1.29 is 4.74 Å². The van der Waals surface area contributed by atoms with Crippen LogP contribution < -0.4 is 10.2 Å². The summed E-state index contributed by atoms with van der Waals surface area (Å²) in [6.45, 7) is 7.08. The molecule has 0 heterocycles. The molecule has 21 heavy (non-hydrogen) atoms. The number of hydrazone groups is 1. The van der Waals surface area contributed by atoms with Gasteiger partial charge in [-0.15, -0.1) is 0 Å². The third kappa shape index (κ3) is 5.30. The van der Waals surface area contributed by atoms with Gasteiger partial charge in [-0.25, -0.2) is 0 Å². The van der Waals surface area contributed by atoms with E-state index in [1.54, 1.807) is 6.21 Å². The molecule has 0 radical (unpaired) electrons. The van der Waals surface area contributed by atoms with Gasteiger partial charge in [-0.3, -0.25) is 5.43 Å². The molecule has 0 aromatic heterocycles. The molecule has 0 saturated heterocycles. The molecule has 3 heteroatoms. The fourth-order valence-corrected chi connectivity index (χ4v) is 1.72. The lowest BCUT2D eigenvalue weighted by molar-refractivity contribution is 0.271. The Morgan fingerprint density at radius 1 is 1.05 bits per heavy atom. The van der Waals surface area contributed by atoms with Crippen molar-refractivity contribution in [1.29, 1.82) is 0 Å². The first kappa shape index (κ1) is 15.1. The number of aryl methyl sites for hydroxylation is 1. The van der Waals surface area contributed by atoms with Gasteiger partial charge in [0.2, 0.25) is 0 Å². The number of nitrogens with zero attached hydrogens (tertiary/aromatic N) is 1. The molecule has 0 spiro atoms. The van der Waals surface area contributed by atoms with E-state index >= 15 is 0 Å². The van der Waals surface area contributed by atoms with E-state index in [0.29, 0.717) is 5.92 Å². The van der Waals surface area contributed by atoms with Crippen molar-refractivity contribution in [2.45, 2.75) is 20.8 Å². The van der Waals surface area contributed by atoms with E-state index in [2.05, 4.69) is 43.4 Å². The van der Waals surface area contributed by atoms with Crippen molar-refractivity contribution in [3.63, 3.8) is 0 Å². The molecule has 0 saturated carbocycles. The number of nitrogens with one attached hydrogen (secondary N) is 1. The second-order valence-corrected chi connectivity index (χ2v) is 5.51. The number of rotatable bonds is 6. The normalized spacial score (nSPS) is 11.0. The highest BCUT2D eigenvalue weighted by molar-refractivity contribution is 5.80. The summed E-state index contributed by atoms with van der Waals surface area (Å²) < 4.78 is 5.65. The summed E-state index contributed by atoms with van der Waals surface area (Å²) in [7, 11) is 0. The summed E-state index contributed by atoms with van der Waals surface area (Å²) in [4.78, 5) is 0. The zero-order valence-electron chi connectivity index (χ0n) is 12.8. The predicted molar refractivity (Wildman–Crippen MR) is 89.2 cm³/mol. The molecular weight excluding hydrogens is 260 g/mol. The first-order valence-corrected chi connectivity index (χ1v) is 7.22. The lowest BCUT2D eigenvalue weighted by Gasteiger charge is -2.08. The summed E-state index contributed by atoms with van der Waals surface area (Å²) in [6, 6.07) is 16.1. The van der Waals surface area contributed by atoms with E-state index in [9.17, 15) is 0 Å². The van der Waals surface area contributed by atoms with Gasteiger partial charge in [-0.1, -0.05) is 31.5 Å². The Kier molecular flexibility index (Phi) is 5.38. The molecule has 0 fully saturated rings. The third-order valence-electron chi connectivity index (χ3n) is 2.92. The molecule has 2 aromatic rings. The molecule has 0 unspecified atom stereocenters. The van der Waals surface area contributed by atoms with Crippen LogP contribution in [0.4, 0.5) is 5.69 Å². The summed E-state index contributed by atoms with van der Waals surface area (Å²) >= 11 is 0. The van der Waals surface area contributed by atoms with Crippen molar-refractivity contribution in [1.82, 2.24) is 0 Å². The maximum absolute atomic E-state index is 5.65. The van der Waals surface area contributed by atoms with Crippen LogP contribution in [0.3, 0.4) is 0 Å². The van der Waals surface area contributed by atoms with Crippen LogP contribution in [0.25, 0.3) is 0 Å². The second-order valence-electron chi connectivity index (χ2n) is 5.51. The Bertz CT molecular complexity index is 571. The monoisotopic (exact) mass is 282 g/mol. The van der Waals surface area contributed by atoms with Gasteiger partial charge in [0.1, 0.15) is 5.75 Å². The summed E-state index contributed by atoms with van der Waals surface area (Å²) in [5, 5.41) is 4.23. The van der Waals surface area contributed by atoms with Crippen LogP contribution in [0.5, 0.6) is 5.75 Å². The number of hydrogen-bond acceptors (Lipinski definition) is 3. The average molecular weight is 282 g/mol. The maximum Gasteiger partial charge on any atom is 0.119 e.